The molecular weight excluding hydrogens is 312 g/mol. The van der Waals surface area contributed by atoms with Crippen LogP contribution in [0.25, 0.3) is 11.1 Å². The van der Waals surface area contributed by atoms with E-state index in [2.05, 4.69) is 0 Å². The Balaban J connectivity index is 2.82. The number of nitro benzene ring substituents is 2. The van der Waals surface area contributed by atoms with E-state index in [0.29, 0.717) is 0 Å². The lowest BCUT2D eigenvalue weighted by molar-refractivity contribution is -0.385. The molecule has 0 atom stereocenters. The van der Waals surface area contributed by atoms with Gasteiger partial charge in [-0.3, -0.25) is 20.2 Å². The molecule has 8 nitrogen and oxygen atoms in total. The van der Waals surface area contributed by atoms with Crippen LogP contribution in [-0.2, 0) is 9.84 Å². The van der Waals surface area contributed by atoms with Crippen molar-refractivity contribution >= 4 is 21.2 Å². The molecule has 2 aromatic rings. The molecule has 0 radical (unpaired) electrons. The summed E-state index contributed by atoms with van der Waals surface area (Å²) < 4.78 is 23.8. The highest BCUT2D eigenvalue weighted by molar-refractivity contribution is 7.90. The summed E-state index contributed by atoms with van der Waals surface area (Å²) in [6.07, 6.45) is 0.893. The zero-order valence-electron chi connectivity index (χ0n) is 11.3. The maximum Gasteiger partial charge on any atom is 0.277 e. The van der Waals surface area contributed by atoms with Crippen molar-refractivity contribution in [2.45, 2.75) is 4.90 Å². The van der Waals surface area contributed by atoms with Crippen molar-refractivity contribution in [1.82, 2.24) is 0 Å². The van der Waals surface area contributed by atoms with Crippen LogP contribution in [0.1, 0.15) is 0 Å². The molecule has 0 bridgehead atoms. The average Bonchev–Trinajstić information content (AvgIpc) is 2.45. The van der Waals surface area contributed by atoms with Crippen LogP contribution in [0.15, 0.2) is 47.4 Å². The van der Waals surface area contributed by atoms with Gasteiger partial charge in [0.15, 0.2) is 9.84 Å². The Morgan fingerprint density at radius 1 is 0.909 bits per heavy atom. The predicted octanol–water partition coefficient (Wildman–Crippen LogP) is 2.57. The number of para-hydroxylation sites is 1. The zero-order valence-corrected chi connectivity index (χ0v) is 12.1. The van der Waals surface area contributed by atoms with E-state index < -0.39 is 25.4 Å². The number of hydrogen-bond donors (Lipinski definition) is 0. The molecule has 0 aliphatic rings. The highest BCUT2D eigenvalue weighted by Gasteiger charge is 2.23. The summed E-state index contributed by atoms with van der Waals surface area (Å²) >= 11 is 0. The standard InChI is InChI=1S/C13H10N2O6S/c1-22(20,21)13-8-9(14(16)17)6-7-11(13)10-4-2-3-5-12(10)15(18)19/h2-8H,1H3. The average molecular weight is 322 g/mol. The lowest BCUT2D eigenvalue weighted by Gasteiger charge is -2.08. The Labute approximate surface area is 125 Å². The highest BCUT2D eigenvalue weighted by atomic mass is 32.2. The van der Waals surface area contributed by atoms with Crippen LogP contribution in [-0.4, -0.2) is 24.5 Å². The molecule has 0 heterocycles. The smallest absolute Gasteiger partial charge is 0.258 e. The van der Waals surface area contributed by atoms with E-state index in [1.54, 1.807) is 0 Å². The monoisotopic (exact) mass is 322 g/mol. The maximum absolute atomic E-state index is 11.9. The molecule has 22 heavy (non-hydrogen) atoms. The minimum atomic E-state index is -3.81. The SMILES string of the molecule is CS(=O)(=O)c1cc([N+](=O)[O-])ccc1-c1ccccc1[N+](=O)[O-]. The Kier molecular flexibility index (Phi) is 3.91. The Morgan fingerprint density at radius 2 is 1.55 bits per heavy atom. The Bertz CT molecular complexity index is 876. The summed E-state index contributed by atoms with van der Waals surface area (Å²) in [7, 11) is -3.81. The molecule has 0 saturated carbocycles. The maximum atomic E-state index is 11.9. The topological polar surface area (TPSA) is 120 Å². The summed E-state index contributed by atoms with van der Waals surface area (Å²) in [6.45, 7) is 0. The highest BCUT2D eigenvalue weighted by Crippen LogP contribution is 2.35. The molecule has 0 N–H and O–H groups in total. The van der Waals surface area contributed by atoms with Crippen LogP contribution in [0.2, 0.25) is 0 Å². The van der Waals surface area contributed by atoms with E-state index >= 15 is 0 Å². The quantitative estimate of drug-likeness (QED) is 0.630. The van der Waals surface area contributed by atoms with Gasteiger partial charge in [0, 0.05) is 30.0 Å². The van der Waals surface area contributed by atoms with E-state index in [1.165, 1.54) is 30.3 Å². The third-order valence-electron chi connectivity index (χ3n) is 2.97. The summed E-state index contributed by atoms with van der Waals surface area (Å²) in [6, 6.07) is 8.83. The lowest BCUT2D eigenvalue weighted by atomic mass is 10.0. The lowest BCUT2D eigenvalue weighted by Crippen LogP contribution is -2.03. The van der Waals surface area contributed by atoms with Gasteiger partial charge in [-0.05, 0) is 12.1 Å². The van der Waals surface area contributed by atoms with Gasteiger partial charge >= 0.3 is 0 Å². The van der Waals surface area contributed by atoms with Gasteiger partial charge in [0.25, 0.3) is 11.4 Å². The summed E-state index contributed by atoms with van der Waals surface area (Å²) in [5.41, 5.74) is -0.535. The van der Waals surface area contributed by atoms with Crippen molar-refractivity contribution in [3.63, 3.8) is 0 Å². The van der Waals surface area contributed by atoms with E-state index in [0.717, 1.165) is 18.4 Å². The Hall–Kier alpha value is -2.81. The third kappa shape index (κ3) is 2.93. The predicted molar refractivity (Wildman–Crippen MR) is 78.3 cm³/mol. The minimum absolute atomic E-state index is 0.0559. The second-order valence-corrected chi connectivity index (χ2v) is 6.47. The molecule has 0 aromatic heterocycles. The van der Waals surface area contributed by atoms with Gasteiger partial charge < -0.3 is 0 Å². The second kappa shape index (κ2) is 5.53. The van der Waals surface area contributed by atoms with Crippen molar-refractivity contribution in [1.29, 1.82) is 0 Å². The van der Waals surface area contributed by atoms with E-state index in [-0.39, 0.29) is 21.7 Å². The van der Waals surface area contributed by atoms with E-state index in [9.17, 15) is 28.6 Å². The summed E-state index contributed by atoms with van der Waals surface area (Å²) in [5.74, 6) is 0. The molecule has 2 rings (SSSR count). The van der Waals surface area contributed by atoms with Crippen molar-refractivity contribution in [3.05, 3.63) is 62.7 Å². The molecule has 0 fully saturated rings. The number of non-ortho nitro benzene ring substituents is 1. The van der Waals surface area contributed by atoms with Gasteiger partial charge in [-0.25, -0.2) is 8.42 Å². The van der Waals surface area contributed by atoms with Crippen LogP contribution in [0.3, 0.4) is 0 Å². The van der Waals surface area contributed by atoms with E-state index in [1.807, 2.05) is 0 Å². The molecule has 0 aliphatic heterocycles. The Morgan fingerprint density at radius 3 is 2.09 bits per heavy atom. The fourth-order valence-electron chi connectivity index (χ4n) is 2.01. The van der Waals surface area contributed by atoms with Crippen LogP contribution < -0.4 is 0 Å². The number of nitro groups is 2. The summed E-state index contributed by atoms with van der Waals surface area (Å²) in [4.78, 5) is 20.2. The number of hydrogen-bond acceptors (Lipinski definition) is 6. The van der Waals surface area contributed by atoms with Gasteiger partial charge in [-0.15, -0.1) is 0 Å². The van der Waals surface area contributed by atoms with Gasteiger partial charge in [0.2, 0.25) is 0 Å². The fraction of sp³-hybridized carbons (Fsp3) is 0.0769. The van der Waals surface area contributed by atoms with Gasteiger partial charge in [0.1, 0.15) is 0 Å². The minimum Gasteiger partial charge on any atom is -0.258 e. The van der Waals surface area contributed by atoms with Crippen LogP contribution in [0.4, 0.5) is 11.4 Å². The first-order chi connectivity index (χ1) is 10.2. The molecular formula is C13H10N2O6S. The van der Waals surface area contributed by atoms with Crippen molar-refractivity contribution < 1.29 is 18.3 Å². The van der Waals surface area contributed by atoms with Crippen LogP contribution >= 0.6 is 0 Å². The largest absolute Gasteiger partial charge is 0.277 e. The summed E-state index contributed by atoms with van der Waals surface area (Å²) in [5, 5.41) is 21.9. The van der Waals surface area contributed by atoms with Crippen LogP contribution in [0, 0.1) is 20.2 Å². The van der Waals surface area contributed by atoms with Crippen LogP contribution in [0.5, 0.6) is 0 Å². The molecule has 0 spiro atoms. The first-order valence-corrected chi connectivity index (χ1v) is 7.83. The normalized spacial score (nSPS) is 11.1. The van der Waals surface area contributed by atoms with Crippen molar-refractivity contribution in [3.8, 4) is 11.1 Å². The molecule has 2 aromatic carbocycles. The number of nitrogens with zero attached hydrogens (tertiary/aromatic N) is 2. The first-order valence-electron chi connectivity index (χ1n) is 5.94. The number of rotatable bonds is 4. The van der Waals surface area contributed by atoms with Gasteiger partial charge in [0.05, 0.1) is 20.3 Å². The molecule has 9 heteroatoms. The number of benzene rings is 2. The first kappa shape index (κ1) is 15.6. The zero-order chi connectivity index (χ0) is 16.5. The van der Waals surface area contributed by atoms with Crippen molar-refractivity contribution in [2.75, 3.05) is 6.26 Å². The molecule has 114 valence electrons. The van der Waals surface area contributed by atoms with E-state index in [4.69, 9.17) is 0 Å². The molecule has 0 saturated heterocycles. The third-order valence-corrected chi connectivity index (χ3v) is 4.10. The molecule has 0 amide bonds. The van der Waals surface area contributed by atoms with Crippen molar-refractivity contribution in [2.24, 2.45) is 0 Å². The van der Waals surface area contributed by atoms with Gasteiger partial charge in [-0.1, -0.05) is 12.1 Å². The van der Waals surface area contributed by atoms with Gasteiger partial charge in [-0.2, -0.15) is 0 Å². The molecule has 0 aliphatic carbocycles. The fourth-order valence-corrected chi connectivity index (χ4v) is 2.93. The second-order valence-electron chi connectivity index (χ2n) is 4.48. The number of sulfone groups is 1. The molecule has 0 unspecified atom stereocenters.